The first-order valence-corrected chi connectivity index (χ1v) is 10.0. The van der Waals surface area contributed by atoms with Gasteiger partial charge in [0.15, 0.2) is 5.78 Å². The Balaban J connectivity index is 1.90. The van der Waals surface area contributed by atoms with Crippen molar-refractivity contribution in [3.8, 4) is 0 Å². The third-order valence-corrected chi connectivity index (χ3v) is 5.99. The van der Waals surface area contributed by atoms with Crippen molar-refractivity contribution in [3.63, 3.8) is 0 Å². The summed E-state index contributed by atoms with van der Waals surface area (Å²) in [6, 6.07) is 11.8. The van der Waals surface area contributed by atoms with Gasteiger partial charge in [0.25, 0.3) is 5.69 Å². The Morgan fingerprint density at radius 1 is 1.19 bits per heavy atom. The second-order valence-corrected chi connectivity index (χ2v) is 7.99. The van der Waals surface area contributed by atoms with Gasteiger partial charge in [-0.1, -0.05) is 31.2 Å². The van der Waals surface area contributed by atoms with Crippen LogP contribution in [0.25, 0.3) is 0 Å². The molecular formula is C23H23N3O5. The molecule has 4 rings (SSSR count). The van der Waals surface area contributed by atoms with Gasteiger partial charge in [-0.3, -0.25) is 19.7 Å². The van der Waals surface area contributed by atoms with Crippen molar-refractivity contribution in [1.82, 2.24) is 0 Å². The number of para-hydroxylation sites is 2. The van der Waals surface area contributed by atoms with Gasteiger partial charge in [0.1, 0.15) is 5.92 Å². The summed E-state index contributed by atoms with van der Waals surface area (Å²) >= 11 is 0. The highest BCUT2D eigenvalue weighted by atomic mass is 16.6. The number of nitro benzene ring substituents is 1. The lowest BCUT2D eigenvalue weighted by molar-refractivity contribution is -0.385. The second-order valence-electron chi connectivity index (χ2n) is 7.99. The Morgan fingerprint density at radius 3 is 2.58 bits per heavy atom. The van der Waals surface area contributed by atoms with E-state index >= 15 is 0 Å². The first kappa shape index (κ1) is 20.6. The van der Waals surface area contributed by atoms with Gasteiger partial charge >= 0.3 is 5.97 Å². The molecule has 0 bridgehead atoms. The van der Waals surface area contributed by atoms with Crippen LogP contribution in [0.3, 0.4) is 0 Å². The lowest BCUT2D eigenvalue weighted by atomic mass is 9.74. The van der Waals surface area contributed by atoms with Gasteiger partial charge in [-0.25, -0.2) is 0 Å². The van der Waals surface area contributed by atoms with Crippen molar-refractivity contribution in [2.75, 3.05) is 17.7 Å². The highest BCUT2D eigenvalue weighted by molar-refractivity contribution is 6.11. The van der Waals surface area contributed by atoms with Gasteiger partial charge in [0.2, 0.25) is 0 Å². The van der Waals surface area contributed by atoms with Crippen LogP contribution in [0, 0.1) is 28.9 Å². The molecule has 8 heteroatoms. The van der Waals surface area contributed by atoms with E-state index in [2.05, 4.69) is 10.6 Å². The average Bonchev–Trinajstić information content (AvgIpc) is 2.90. The summed E-state index contributed by atoms with van der Waals surface area (Å²) in [5, 5.41) is 18.3. The number of Topliss-reactive ketones (excluding diaryl/α,β-unsaturated/α-hetero) is 1. The first-order chi connectivity index (χ1) is 14.8. The number of aryl methyl sites for hydroxylation is 1. The Bertz CT molecular complexity index is 1120. The van der Waals surface area contributed by atoms with Gasteiger partial charge < -0.3 is 15.4 Å². The van der Waals surface area contributed by atoms with Crippen molar-refractivity contribution >= 4 is 28.8 Å². The molecule has 0 spiro atoms. The van der Waals surface area contributed by atoms with Crippen molar-refractivity contribution in [3.05, 3.63) is 75.0 Å². The quantitative estimate of drug-likeness (QED) is 0.332. The molecule has 1 heterocycles. The highest BCUT2D eigenvalue weighted by Gasteiger charge is 2.44. The number of esters is 1. The van der Waals surface area contributed by atoms with Crippen molar-refractivity contribution in [1.29, 1.82) is 0 Å². The number of methoxy groups -OCH3 is 1. The van der Waals surface area contributed by atoms with E-state index in [0.29, 0.717) is 28.8 Å². The number of anilines is 2. The largest absolute Gasteiger partial charge is 0.468 e. The van der Waals surface area contributed by atoms with Crippen molar-refractivity contribution in [2.45, 2.75) is 26.3 Å². The molecule has 2 aromatic carbocycles. The number of allylic oxidation sites excluding steroid dienone is 1. The van der Waals surface area contributed by atoms with Crippen LogP contribution in [0.5, 0.6) is 0 Å². The minimum absolute atomic E-state index is 0.0203. The number of benzene rings is 2. The maximum absolute atomic E-state index is 13.6. The van der Waals surface area contributed by atoms with E-state index in [1.54, 1.807) is 19.1 Å². The van der Waals surface area contributed by atoms with Crippen LogP contribution in [0.15, 0.2) is 53.7 Å². The van der Waals surface area contributed by atoms with Gasteiger partial charge in [0, 0.05) is 22.9 Å². The van der Waals surface area contributed by atoms with Crippen LogP contribution >= 0.6 is 0 Å². The lowest BCUT2D eigenvalue weighted by Gasteiger charge is -2.32. The molecule has 31 heavy (non-hydrogen) atoms. The number of carbonyl (C=O) groups is 2. The molecule has 2 N–H and O–H groups in total. The first-order valence-electron chi connectivity index (χ1n) is 10.0. The second kappa shape index (κ2) is 7.86. The third kappa shape index (κ3) is 3.54. The topological polar surface area (TPSA) is 111 Å². The number of hydrogen-bond donors (Lipinski definition) is 2. The average molecular weight is 421 g/mol. The van der Waals surface area contributed by atoms with Gasteiger partial charge in [-0.05, 0) is 37.0 Å². The molecule has 0 unspecified atom stereocenters. The van der Waals surface area contributed by atoms with Crippen LogP contribution in [0.2, 0.25) is 0 Å². The fourth-order valence-electron chi connectivity index (χ4n) is 4.39. The number of ether oxygens (including phenoxy) is 1. The van der Waals surface area contributed by atoms with E-state index in [1.165, 1.54) is 13.2 Å². The maximum Gasteiger partial charge on any atom is 0.316 e. The number of carbonyl (C=O) groups excluding carboxylic acids is 2. The molecule has 0 saturated carbocycles. The SMILES string of the molecule is COC(=O)[C@@H]1C(=O)C2=C(C[C@H]1C)Nc1ccccc1N[C@H]2c1ccc(C)c([N+](=O)[O-])c1. The van der Waals surface area contributed by atoms with Crippen LogP contribution in [0.1, 0.15) is 30.5 Å². The smallest absolute Gasteiger partial charge is 0.316 e. The molecule has 1 aliphatic carbocycles. The minimum Gasteiger partial charge on any atom is -0.468 e. The fraction of sp³-hybridized carbons (Fsp3) is 0.304. The summed E-state index contributed by atoms with van der Waals surface area (Å²) in [6.07, 6.45) is 0.474. The zero-order valence-corrected chi connectivity index (χ0v) is 17.5. The van der Waals surface area contributed by atoms with Crippen molar-refractivity contribution < 1.29 is 19.2 Å². The standard InChI is InChI=1S/C23H23N3O5/c1-12-8-9-14(11-18(12)26(29)30)21-20-17(24-15-6-4-5-7-16(15)25-21)10-13(2)19(22(20)27)23(28)31-3/h4-9,11,13,19,21,24-25H,10H2,1-3H3/t13-,19+,21+/m1/s1. The third-order valence-electron chi connectivity index (χ3n) is 5.99. The van der Waals surface area contributed by atoms with E-state index in [0.717, 1.165) is 11.4 Å². The molecule has 0 fully saturated rings. The zero-order chi connectivity index (χ0) is 22.3. The van der Waals surface area contributed by atoms with Crippen LogP contribution in [0.4, 0.5) is 17.1 Å². The van der Waals surface area contributed by atoms with E-state index in [-0.39, 0.29) is 17.4 Å². The summed E-state index contributed by atoms with van der Waals surface area (Å²) < 4.78 is 4.90. The normalized spacial score (nSPS) is 22.4. The minimum atomic E-state index is -0.920. The maximum atomic E-state index is 13.6. The Labute approximate surface area is 179 Å². The van der Waals surface area contributed by atoms with Gasteiger partial charge in [-0.15, -0.1) is 0 Å². The molecule has 0 amide bonds. The van der Waals surface area contributed by atoms with E-state index < -0.39 is 22.9 Å². The molecule has 2 aromatic rings. The number of fused-ring (bicyclic) bond motifs is 1. The van der Waals surface area contributed by atoms with E-state index in [4.69, 9.17) is 4.74 Å². The zero-order valence-electron chi connectivity index (χ0n) is 17.5. The molecule has 3 atom stereocenters. The fourth-order valence-corrected chi connectivity index (χ4v) is 4.39. The van der Waals surface area contributed by atoms with Crippen LogP contribution in [-0.2, 0) is 14.3 Å². The van der Waals surface area contributed by atoms with Crippen molar-refractivity contribution in [2.24, 2.45) is 11.8 Å². The molecular weight excluding hydrogens is 398 g/mol. The monoisotopic (exact) mass is 421 g/mol. The van der Waals surface area contributed by atoms with Gasteiger partial charge in [-0.2, -0.15) is 0 Å². The number of ketones is 1. The molecule has 8 nitrogen and oxygen atoms in total. The molecule has 2 aliphatic rings. The molecule has 0 aromatic heterocycles. The Morgan fingerprint density at radius 2 is 1.90 bits per heavy atom. The number of rotatable bonds is 3. The Kier molecular flexibility index (Phi) is 5.22. The highest BCUT2D eigenvalue weighted by Crippen LogP contribution is 2.44. The summed E-state index contributed by atoms with van der Waals surface area (Å²) in [6.45, 7) is 3.52. The number of hydrogen-bond acceptors (Lipinski definition) is 7. The summed E-state index contributed by atoms with van der Waals surface area (Å²) in [7, 11) is 1.27. The van der Waals surface area contributed by atoms with Crippen LogP contribution < -0.4 is 10.6 Å². The summed E-state index contributed by atoms with van der Waals surface area (Å²) in [4.78, 5) is 37.1. The predicted octanol–water partition coefficient (Wildman–Crippen LogP) is 4.13. The number of nitro groups is 1. The van der Waals surface area contributed by atoms with Crippen LogP contribution in [-0.4, -0.2) is 23.8 Å². The molecule has 1 aliphatic heterocycles. The molecule has 0 radical (unpaired) electrons. The van der Waals surface area contributed by atoms with E-state index in [9.17, 15) is 19.7 Å². The summed E-state index contributed by atoms with van der Waals surface area (Å²) in [5.74, 6) is -2.07. The lowest BCUT2D eigenvalue weighted by Crippen LogP contribution is -2.39. The van der Waals surface area contributed by atoms with E-state index in [1.807, 2.05) is 31.2 Å². The Hall–Kier alpha value is -3.68. The predicted molar refractivity (Wildman–Crippen MR) is 116 cm³/mol. The number of nitrogens with zero attached hydrogens (tertiary/aromatic N) is 1. The molecule has 0 saturated heterocycles. The summed E-state index contributed by atoms with van der Waals surface area (Å²) in [5.41, 5.74) is 3.77. The molecule has 160 valence electrons. The van der Waals surface area contributed by atoms with Gasteiger partial charge in [0.05, 0.1) is 29.4 Å². The number of nitrogens with one attached hydrogen (secondary N) is 2.